The lowest BCUT2D eigenvalue weighted by Crippen LogP contribution is -2.37. The molecule has 7 heteroatoms. The van der Waals surface area contributed by atoms with Crippen molar-refractivity contribution >= 4 is 23.4 Å². The maximum atomic E-state index is 5.89. The summed E-state index contributed by atoms with van der Waals surface area (Å²) in [6.45, 7) is 2.90. The van der Waals surface area contributed by atoms with Gasteiger partial charge in [0.2, 0.25) is 5.95 Å². The zero-order valence-electron chi connectivity index (χ0n) is 11.5. The zero-order valence-corrected chi connectivity index (χ0v) is 12.3. The molecule has 0 bridgehead atoms. The van der Waals surface area contributed by atoms with E-state index in [-0.39, 0.29) is 0 Å². The van der Waals surface area contributed by atoms with Crippen molar-refractivity contribution in [3.05, 3.63) is 40.5 Å². The Morgan fingerprint density at radius 3 is 2.57 bits per heavy atom. The van der Waals surface area contributed by atoms with Crippen molar-refractivity contribution in [2.24, 2.45) is 0 Å². The Kier molecular flexibility index (Phi) is 4.17. The van der Waals surface area contributed by atoms with Gasteiger partial charge in [-0.3, -0.25) is 0 Å². The first-order chi connectivity index (χ1) is 10.2. The summed E-state index contributed by atoms with van der Waals surface area (Å²) >= 11 is 5.89. The van der Waals surface area contributed by atoms with Crippen molar-refractivity contribution in [2.45, 2.75) is 6.42 Å². The van der Waals surface area contributed by atoms with Crippen LogP contribution in [0.2, 0.25) is 5.02 Å². The molecule has 1 saturated heterocycles. The number of rotatable bonds is 3. The average Bonchev–Trinajstić information content (AvgIpc) is 2.52. The fraction of sp³-hybridized carbons (Fsp3) is 0.357. The molecule has 0 unspecified atom stereocenters. The average molecular weight is 306 g/mol. The molecule has 2 aromatic rings. The van der Waals surface area contributed by atoms with Crippen molar-refractivity contribution in [3.63, 3.8) is 0 Å². The standard InChI is InChI=1S/C14H16ClN5O/c15-11-3-1-10(2-4-11)9-12-13(16)18-19-14(17-12)20-5-7-21-8-6-20/h1-4H,5-9H2,(H2,16,18). The molecule has 1 aliphatic rings. The van der Waals surface area contributed by atoms with E-state index in [4.69, 9.17) is 22.1 Å². The molecular formula is C14H16ClN5O. The predicted molar refractivity (Wildman–Crippen MR) is 81.5 cm³/mol. The van der Waals surface area contributed by atoms with Crippen LogP contribution >= 0.6 is 11.6 Å². The molecule has 0 aliphatic carbocycles. The van der Waals surface area contributed by atoms with E-state index in [0.717, 1.165) is 24.3 Å². The summed E-state index contributed by atoms with van der Waals surface area (Å²) in [7, 11) is 0. The number of nitrogens with two attached hydrogens (primary N) is 1. The van der Waals surface area contributed by atoms with Gasteiger partial charge in [-0.15, -0.1) is 10.2 Å². The van der Waals surface area contributed by atoms with Crippen molar-refractivity contribution in [1.82, 2.24) is 15.2 Å². The van der Waals surface area contributed by atoms with E-state index >= 15 is 0 Å². The molecule has 21 heavy (non-hydrogen) atoms. The summed E-state index contributed by atoms with van der Waals surface area (Å²) in [6.07, 6.45) is 0.607. The van der Waals surface area contributed by atoms with Crippen LogP contribution in [0.15, 0.2) is 24.3 Å². The van der Waals surface area contributed by atoms with Crippen molar-refractivity contribution in [2.75, 3.05) is 36.9 Å². The second kappa shape index (κ2) is 6.24. The Labute approximate surface area is 127 Å². The molecule has 2 heterocycles. The molecule has 6 nitrogen and oxygen atoms in total. The highest BCUT2D eigenvalue weighted by molar-refractivity contribution is 6.30. The molecule has 0 saturated carbocycles. The molecular weight excluding hydrogens is 290 g/mol. The lowest BCUT2D eigenvalue weighted by molar-refractivity contribution is 0.122. The van der Waals surface area contributed by atoms with E-state index in [1.54, 1.807) is 0 Å². The Hall–Kier alpha value is -1.92. The first-order valence-electron chi connectivity index (χ1n) is 6.78. The molecule has 0 amide bonds. The largest absolute Gasteiger partial charge is 0.381 e. The molecule has 1 aromatic carbocycles. The van der Waals surface area contributed by atoms with E-state index < -0.39 is 0 Å². The van der Waals surface area contributed by atoms with Crippen molar-refractivity contribution in [3.8, 4) is 0 Å². The van der Waals surface area contributed by atoms with Gasteiger partial charge in [-0.25, -0.2) is 4.98 Å². The maximum absolute atomic E-state index is 5.89. The Morgan fingerprint density at radius 2 is 1.86 bits per heavy atom. The summed E-state index contributed by atoms with van der Waals surface area (Å²) in [5.74, 6) is 0.971. The highest BCUT2D eigenvalue weighted by Gasteiger charge is 2.16. The van der Waals surface area contributed by atoms with Gasteiger partial charge in [0.15, 0.2) is 5.82 Å². The number of hydrogen-bond acceptors (Lipinski definition) is 6. The van der Waals surface area contributed by atoms with E-state index in [2.05, 4.69) is 20.1 Å². The van der Waals surface area contributed by atoms with Crippen LogP contribution in [0.4, 0.5) is 11.8 Å². The lowest BCUT2D eigenvalue weighted by Gasteiger charge is -2.26. The quantitative estimate of drug-likeness (QED) is 0.927. The van der Waals surface area contributed by atoms with Gasteiger partial charge in [0.05, 0.1) is 18.9 Å². The number of halogens is 1. The van der Waals surface area contributed by atoms with Crippen LogP contribution in [0.1, 0.15) is 11.3 Å². The summed E-state index contributed by atoms with van der Waals surface area (Å²) < 4.78 is 5.33. The molecule has 1 fully saturated rings. The monoisotopic (exact) mass is 305 g/mol. The third-order valence-corrected chi connectivity index (χ3v) is 3.61. The van der Waals surface area contributed by atoms with Crippen LogP contribution in [-0.2, 0) is 11.2 Å². The Bertz CT molecular complexity index is 613. The number of anilines is 2. The fourth-order valence-electron chi connectivity index (χ4n) is 2.18. The number of aromatic nitrogens is 3. The molecule has 2 N–H and O–H groups in total. The van der Waals surface area contributed by atoms with E-state index in [0.29, 0.717) is 36.4 Å². The minimum Gasteiger partial charge on any atom is -0.381 e. The van der Waals surface area contributed by atoms with Gasteiger partial charge >= 0.3 is 0 Å². The minimum atomic E-state index is 0.363. The van der Waals surface area contributed by atoms with Crippen molar-refractivity contribution < 1.29 is 4.74 Å². The van der Waals surface area contributed by atoms with E-state index in [9.17, 15) is 0 Å². The molecule has 1 aliphatic heterocycles. The van der Waals surface area contributed by atoms with Gasteiger partial charge in [-0.2, -0.15) is 0 Å². The highest BCUT2D eigenvalue weighted by Crippen LogP contribution is 2.17. The van der Waals surface area contributed by atoms with Gasteiger partial charge in [-0.1, -0.05) is 23.7 Å². The van der Waals surface area contributed by atoms with E-state index in [1.165, 1.54) is 0 Å². The van der Waals surface area contributed by atoms with Gasteiger partial charge in [0.1, 0.15) is 0 Å². The first kappa shape index (κ1) is 14.0. The summed E-state index contributed by atoms with van der Waals surface area (Å²) in [5.41, 5.74) is 7.70. The van der Waals surface area contributed by atoms with Crippen molar-refractivity contribution in [1.29, 1.82) is 0 Å². The molecule has 0 radical (unpaired) electrons. The minimum absolute atomic E-state index is 0.363. The highest BCUT2D eigenvalue weighted by atomic mass is 35.5. The van der Waals surface area contributed by atoms with Gasteiger partial charge < -0.3 is 15.4 Å². The van der Waals surface area contributed by atoms with Crippen LogP contribution in [0, 0.1) is 0 Å². The second-order valence-electron chi connectivity index (χ2n) is 4.85. The van der Waals surface area contributed by atoms with E-state index in [1.807, 2.05) is 24.3 Å². The molecule has 110 valence electrons. The smallest absolute Gasteiger partial charge is 0.245 e. The number of nitrogen functional groups attached to an aromatic ring is 1. The third kappa shape index (κ3) is 3.40. The first-order valence-corrected chi connectivity index (χ1v) is 7.16. The summed E-state index contributed by atoms with van der Waals surface area (Å²) in [5, 5.41) is 8.82. The van der Waals surface area contributed by atoms with Gasteiger partial charge in [0.25, 0.3) is 0 Å². The van der Waals surface area contributed by atoms with Gasteiger partial charge in [-0.05, 0) is 17.7 Å². The second-order valence-corrected chi connectivity index (χ2v) is 5.28. The van der Waals surface area contributed by atoms with Crippen LogP contribution in [-0.4, -0.2) is 41.5 Å². The number of ether oxygens (including phenoxy) is 1. The zero-order chi connectivity index (χ0) is 14.7. The molecule has 1 aromatic heterocycles. The van der Waals surface area contributed by atoms with Crippen LogP contribution < -0.4 is 10.6 Å². The Morgan fingerprint density at radius 1 is 1.14 bits per heavy atom. The SMILES string of the molecule is Nc1nnc(N2CCOCC2)nc1Cc1ccc(Cl)cc1. The summed E-state index contributed by atoms with van der Waals surface area (Å²) in [6, 6.07) is 7.62. The molecule has 3 rings (SSSR count). The molecule has 0 atom stereocenters. The number of morpholine rings is 1. The van der Waals surface area contributed by atoms with Crippen LogP contribution in [0.3, 0.4) is 0 Å². The Balaban J connectivity index is 1.82. The van der Waals surface area contributed by atoms with Crippen LogP contribution in [0.5, 0.6) is 0 Å². The number of benzene rings is 1. The summed E-state index contributed by atoms with van der Waals surface area (Å²) in [4.78, 5) is 6.61. The fourth-order valence-corrected chi connectivity index (χ4v) is 2.31. The lowest BCUT2D eigenvalue weighted by atomic mass is 10.1. The van der Waals surface area contributed by atoms with Crippen LogP contribution in [0.25, 0.3) is 0 Å². The number of nitrogens with zero attached hydrogens (tertiary/aromatic N) is 4. The molecule has 0 spiro atoms. The van der Waals surface area contributed by atoms with Gasteiger partial charge in [0, 0.05) is 24.5 Å². The normalized spacial score (nSPS) is 15.2. The topological polar surface area (TPSA) is 77.2 Å². The third-order valence-electron chi connectivity index (χ3n) is 3.36. The number of hydrogen-bond donors (Lipinski definition) is 1. The maximum Gasteiger partial charge on any atom is 0.245 e. The predicted octanol–water partition coefficient (Wildman–Crippen LogP) is 1.53.